The number of amides is 2. The van der Waals surface area contributed by atoms with Gasteiger partial charge in [0.05, 0.1) is 5.41 Å². The van der Waals surface area contributed by atoms with Gasteiger partial charge in [-0.15, -0.1) is 0 Å². The Hall–Kier alpha value is -2.11. The van der Waals surface area contributed by atoms with E-state index in [2.05, 4.69) is 16.8 Å². The molecule has 0 unspecified atom stereocenters. The number of carbonyl (C=O) groups excluding carboxylic acids is 2. The van der Waals surface area contributed by atoms with Crippen LogP contribution in [0.25, 0.3) is 0 Å². The van der Waals surface area contributed by atoms with Gasteiger partial charge in [-0.2, -0.15) is 0 Å². The fourth-order valence-corrected chi connectivity index (χ4v) is 4.73. The highest BCUT2D eigenvalue weighted by molar-refractivity contribution is 5.95. The number of anilines is 1. The number of carbonyl (C=O) groups is 2. The van der Waals surface area contributed by atoms with Gasteiger partial charge in [0.2, 0.25) is 5.91 Å². The Morgan fingerprint density at radius 3 is 2.73 bits per heavy atom. The number of piperidine rings is 1. The van der Waals surface area contributed by atoms with Crippen molar-refractivity contribution in [3.05, 3.63) is 23.9 Å². The van der Waals surface area contributed by atoms with Crippen LogP contribution in [0, 0.1) is 5.41 Å². The molecular formula is C20H28N4O2. The van der Waals surface area contributed by atoms with Crippen LogP contribution < -0.4 is 4.90 Å². The van der Waals surface area contributed by atoms with E-state index < -0.39 is 0 Å². The molecular weight excluding hydrogens is 328 g/mol. The average Bonchev–Trinajstić information content (AvgIpc) is 3.35. The van der Waals surface area contributed by atoms with E-state index >= 15 is 0 Å². The van der Waals surface area contributed by atoms with Crippen LogP contribution in [-0.2, 0) is 4.79 Å². The Balaban J connectivity index is 1.51. The maximum absolute atomic E-state index is 12.9. The third-order valence-corrected chi connectivity index (χ3v) is 6.27. The third-order valence-electron chi connectivity index (χ3n) is 6.27. The molecule has 6 heteroatoms. The minimum atomic E-state index is -0.259. The second-order valence-electron chi connectivity index (χ2n) is 7.84. The Bertz CT molecular complexity index is 701. The molecule has 1 spiro atoms. The van der Waals surface area contributed by atoms with E-state index in [1.54, 1.807) is 12.3 Å². The van der Waals surface area contributed by atoms with Crippen LogP contribution >= 0.6 is 0 Å². The lowest BCUT2D eigenvalue weighted by atomic mass is 9.78. The molecule has 26 heavy (non-hydrogen) atoms. The lowest BCUT2D eigenvalue weighted by molar-refractivity contribution is -0.144. The van der Waals surface area contributed by atoms with E-state index in [1.165, 1.54) is 0 Å². The normalized spacial score (nSPS) is 26.2. The summed E-state index contributed by atoms with van der Waals surface area (Å²) in [7, 11) is 0. The number of hydrogen-bond donors (Lipinski definition) is 0. The van der Waals surface area contributed by atoms with Crippen molar-refractivity contribution in [1.82, 2.24) is 14.8 Å². The van der Waals surface area contributed by atoms with Crippen molar-refractivity contribution >= 4 is 17.6 Å². The van der Waals surface area contributed by atoms with Gasteiger partial charge in [0.25, 0.3) is 5.91 Å². The number of rotatable bonds is 3. The minimum Gasteiger partial charge on any atom is -0.355 e. The van der Waals surface area contributed by atoms with Gasteiger partial charge >= 0.3 is 0 Å². The highest BCUT2D eigenvalue weighted by atomic mass is 16.2. The molecule has 0 aliphatic carbocycles. The zero-order valence-electron chi connectivity index (χ0n) is 15.6. The van der Waals surface area contributed by atoms with Crippen molar-refractivity contribution < 1.29 is 9.59 Å². The third kappa shape index (κ3) is 2.95. The maximum atomic E-state index is 12.9. The van der Waals surface area contributed by atoms with Gasteiger partial charge in [-0.25, -0.2) is 4.98 Å². The summed E-state index contributed by atoms with van der Waals surface area (Å²) < 4.78 is 0. The smallest absolute Gasteiger partial charge is 0.254 e. The summed E-state index contributed by atoms with van der Waals surface area (Å²) in [6.45, 7) is 6.98. The Labute approximate surface area is 155 Å². The van der Waals surface area contributed by atoms with Crippen molar-refractivity contribution in [2.75, 3.05) is 44.2 Å². The zero-order valence-corrected chi connectivity index (χ0v) is 15.6. The lowest BCUT2D eigenvalue weighted by Crippen LogP contribution is -2.49. The number of nitrogens with zero attached hydrogens (tertiary/aromatic N) is 4. The summed E-state index contributed by atoms with van der Waals surface area (Å²) in [6, 6.07) is 3.71. The van der Waals surface area contributed by atoms with Crippen molar-refractivity contribution in [3.8, 4) is 0 Å². The number of pyridine rings is 1. The number of aromatic nitrogens is 1. The van der Waals surface area contributed by atoms with Crippen LogP contribution in [0.3, 0.4) is 0 Å². The molecule has 1 atom stereocenters. The average molecular weight is 356 g/mol. The number of hydrogen-bond acceptors (Lipinski definition) is 4. The van der Waals surface area contributed by atoms with Gasteiger partial charge in [0, 0.05) is 51.0 Å². The van der Waals surface area contributed by atoms with E-state index in [1.807, 2.05) is 15.9 Å². The summed E-state index contributed by atoms with van der Waals surface area (Å²) in [5, 5.41) is 0. The molecule has 1 aromatic rings. The maximum Gasteiger partial charge on any atom is 0.254 e. The molecule has 0 bridgehead atoms. The first-order chi connectivity index (χ1) is 12.6. The van der Waals surface area contributed by atoms with Crippen LogP contribution in [0.2, 0.25) is 0 Å². The van der Waals surface area contributed by atoms with Crippen molar-refractivity contribution in [1.29, 1.82) is 0 Å². The highest BCUT2D eigenvalue weighted by Crippen LogP contribution is 2.41. The second-order valence-corrected chi connectivity index (χ2v) is 7.84. The van der Waals surface area contributed by atoms with Gasteiger partial charge in [-0.3, -0.25) is 9.59 Å². The monoisotopic (exact) mass is 356 g/mol. The number of likely N-dealkylation sites (tertiary alicyclic amines) is 2. The minimum absolute atomic E-state index is 0.103. The van der Waals surface area contributed by atoms with Crippen LogP contribution in [-0.4, -0.2) is 65.9 Å². The Morgan fingerprint density at radius 2 is 1.96 bits per heavy atom. The van der Waals surface area contributed by atoms with Crippen LogP contribution in [0.1, 0.15) is 49.4 Å². The predicted molar refractivity (Wildman–Crippen MR) is 100 cm³/mol. The standard InChI is InChI=1S/C20H28N4O2/c1-2-22-12-5-7-20(19(22)26)8-13-24(15-20)17-14-16(6-9-21-17)18(25)23-10-3-4-11-23/h6,9,14H,2-5,7-8,10-13,15H2,1H3/t20-/m0/s1. The van der Waals surface area contributed by atoms with Gasteiger partial charge in [0.1, 0.15) is 5.82 Å². The van der Waals surface area contributed by atoms with Crippen LogP contribution in [0.4, 0.5) is 5.82 Å². The van der Waals surface area contributed by atoms with E-state index in [4.69, 9.17) is 0 Å². The first kappa shape index (κ1) is 17.3. The van der Waals surface area contributed by atoms with Gasteiger partial charge in [-0.05, 0) is 51.2 Å². The molecule has 3 saturated heterocycles. The molecule has 0 saturated carbocycles. The molecule has 1 aromatic heterocycles. The molecule has 0 N–H and O–H groups in total. The zero-order chi connectivity index (χ0) is 18.1. The molecule has 4 heterocycles. The second kappa shape index (κ2) is 6.89. The van der Waals surface area contributed by atoms with Crippen LogP contribution in [0.15, 0.2) is 18.3 Å². The topological polar surface area (TPSA) is 56.8 Å². The summed E-state index contributed by atoms with van der Waals surface area (Å²) in [6.07, 6.45) is 6.83. The predicted octanol–water partition coefficient (Wildman–Crippen LogP) is 2.16. The first-order valence-corrected chi connectivity index (χ1v) is 9.93. The van der Waals surface area contributed by atoms with E-state index in [-0.39, 0.29) is 11.3 Å². The molecule has 140 valence electrons. The summed E-state index contributed by atoms with van der Waals surface area (Å²) >= 11 is 0. The Kier molecular flexibility index (Phi) is 4.59. The summed E-state index contributed by atoms with van der Waals surface area (Å²) in [4.78, 5) is 36.2. The molecule has 6 nitrogen and oxygen atoms in total. The molecule has 3 fully saturated rings. The summed E-state index contributed by atoms with van der Waals surface area (Å²) in [5.41, 5.74) is 0.452. The largest absolute Gasteiger partial charge is 0.355 e. The fraction of sp³-hybridized carbons (Fsp3) is 0.650. The highest BCUT2D eigenvalue weighted by Gasteiger charge is 2.48. The molecule has 0 radical (unpaired) electrons. The molecule has 4 rings (SSSR count). The van der Waals surface area contributed by atoms with Gasteiger partial charge in [0.15, 0.2) is 0 Å². The van der Waals surface area contributed by atoms with Gasteiger partial charge in [-0.1, -0.05) is 0 Å². The lowest BCUT2D eigenvalue weighted by Gasteiger charge is -2.38. The summed E-state index contributed by atoms with van der Waals surface area (Å²) in [5.74, 6) is 1.23. The quantitative estimate of drug-likeness (QED) is 0.833. The molecule has 3 aliphatic rings. The Morgan fingerprint density at radius 1 is 1.15 bits per heavy atom. The molecule has 2 amide bonds. The van der Waals surface area contributed by atoms with E-state index in [0.29, 0.717) is 11.5 Å². The van der Waals surface area contributed by atoms with Crippen molar-refractivity contribution in [2.45, 2.75) is 39.0 Å². The van der Waals surface area contributed by atoms with Crippen molar-refractivity contribution in [3.63, 3.8) is 0 Å². The van der Waals surface area contributed by atoms with E-state index in [9.17, 15) is 9.59 Å². The van der Waals surface area contributed by atoms with E-state index in [0.717, 1.165) is 77.2 Å². The first-order valence-electron chi connectivity index (χ1n) is 9.93. The fourth-order valence-electron chi connectivity index (χ4n) is 4.73. The van der Waals surface area contributed by atoms with Crippen molar-refractivity contribution in [2.24, 2.45) is 5.41 Å². The SMILES string of the molecule is CCN1CCC[C@@]2(CCN(c3cc(C(=O)N4CCCC4)ccn3)C2)C1=O. The van der Waals surface area contributed by atoms with Crippen LogP contribution in [0.5, 0.6) is 0 Å². The molecule has 0 aromatic carbocycles. The van der Waals surface area contributed by atoms with Gasteiger partial charge < -0.3 is 14.7 Å². The molecule has 3 aliphatic heterocycles.